The Morgan fingerprint density at radius 3 is 2.75 bits per heavy atom. The molecule has 0 bridgehead atoms. The van der Waals surface area contributed by atoms with Gasteiger partial charge in [0.15, 0.2) is 0 Å². The molecule has 0 aliphatic carbocycles. The normalized spacial score (nSPS) is 20.5. The quantitative estimate of drug-likeness (QED) is 0.906. The first kappa shape index (κ1) is 15.5. The van der Waals surface area contributed by atoms with Crippen LogP contribution in [0.3, 0.4) is 0 Å². The van der Waals surface area contributed by atoms with Crippen molar-refractivity contribution in [1.82, 2.24) is 14.5 Å². The number of ether oxygens (including phenoxy) is 1. The number of aryl methyl sites for hydroxylation is 1. The fraction of sp³-hybridized carbons (Fsp3) is 0.769. The maximum absolute atomic E-state index is 12.4. The zero-order valence-corrected chi connectivity index (χ0v) is 13.3. The summed E-state index contributed by atoms with van der Waals surface area (Å²) in [5.41, 5.74) is 0.259. The minimum Gasteiger partial charge on any atom is -0.377 e. The van der Waals surface area contributed by atoms with Crippen LogP contribution in [-0.4, -0.2) is 37.5 Å². The Morgan fingerprint density at radius 2 is 2.20 bits per heavy atom. The molecule has 0 saturated carbocycles. The van der Waals surface area contributed by atoms with E-state index in [1.54, 1.807) is 17.9 Å². The molecule has 6 nitrogen and oxygen atoms in total. The van der Waals surface area contributed by atoms with Crippen LogP contribution in [0, 0.1) is 0 Å². The highest BCUT2D eigenvalue weighted by molar-refractivity contribution is 7.89. The van der Waals surface area contributed by atoms with Gasteiger partial charge in [0.1, 0.15) is 4.90 Å². The molecular formula is C13H23N3O3S. The Bertz CT molecular complexity index is 566. The predicted octanol–water partition coefficient (Wildman–Crippen LogP) is 1.17. The predicted molar refractivity (Wildman–Crippen MR) is 76.1 cm³/mol. The average molecular weight is 301 g/mol. The largest absolute Gasteiger partial charge is 0.377 e. The number of hydrogen-bond acceptors (Lipinski definition) is 4. The van der Waals surface area contributed by atoms with E-state index in [4.69, 9.17) is 4.74 Å². The second kappa shape index (κ2) is 5.46. The van der Waals surface area contributed by atoms with Crippen molar-refractivity contribution in [2.24, 2.45) is 7.05 Å². The summed E-state index contributed by atoms with van der Waals surface area (Å²) in [4.78, 5) is 0.255. The van der Waals surface area contributed by atoms with Crippen LogP contribution >= 0.6 is 0 Å². The first-order valence-corrected chi connectivity index (χ1v) is 8.34. The van der Waals surface area contributed by atoms with Gasteiger partial charge in [-0.15, -0.1) is 0 Å². The number of rotatable bonds is 4. The molecule has 1 fully saturated rings. The van der Waals surface area contributed by atoms with Crippen molar-refractivity contribution in [1.29, 1.82) is 0 Å². The molecule has 1 unspecified atom stereocenters. The van der Waals surface area contributed by atoms with Gasteiger partial charge in [0.2, 0.25) is 10.0 Å². The van der Waals surface area contributed by atoms with Gasteiger partial charge in [0.05, 0.1) is 11.8 Å². The van der Waals surface area contributed by atoms with Gasteiger partial charge in [-0.05, 0) is 12.8 Å². The monoisotopic (exact) mass is 301 g/mol. The fourth-order valence-electron chi connectivity index (χ4n) is 2.27. The van der Waals surface area contributed by atoms with Crippen LogP contribution in [0.4, 0.5) is 0 Å². The van der Waals surface area contributed by atoms with Crippen LogP contribution in [0.15, 0.2) is 11.1 Å². The molecule has 1 aromatic heterocycles. The Kier molecular flexibility index (Phi) is 4.22. The second-order valence-corrected chi connectivity index (χ2v) is 7.99. The first-order valence-electron chi connectivity index (χ1n) is 6.85. The zero-order valence-electron chi connectivity index (χ0n) is 12.5. The summed E-state index contributed by atoms with van der Waals surface area (Å²) in [6, 6.07) is 0. The molecule has 0 amide bonds. The lowest BCUT2D eigenvalue weighted by molar-refractivity contribution is 0.114. The molecule has 1 saturated heterocycles. The van der Waals surface area contributed by atoms with Gasteiger partial charge in [0.25, 0.3) is 0 Å². The second-order valence-electron chi connectivity index (χ2n) is 6.25. The summed E-state index contributed by atoms with van der Waals surface area (Å²) >= 11 is 0. The lowest BCUT2D eigenvalue weighted by atomic mass is 9.92. The van der Waals surface area contributed by atoms with Crippen molar-refractivity contribution in [3.63, 3.8) is 0 Å². The lowest BCUT2D eigenvalue weighted by Gasteiger charge is -2.18. The Labute approximate surface area is 120 Å². The Balaban J connectivity index is 2.20. The van der Waals surface area contributed by atoms with Crippen LogP contribution in [0.2, 0.25) is 0 Å². The molecular weight excluding hydrogens is 278 g/mol. The molecule has 0 aromatic carbocycles. The van der Waals surface area contributed by atoms with Crippen molar-refractivity contribution >= 4 is 10.0 Å². The van der Waals surface area contributed by atoms with Crippen LogP contribution < -0.4 is 4.72 Å². The van der Waals surface area contributed by atoms with Crippen molar-refractivity contribution in [3.8, 4) is 0 Å². The molecule has 0 radical (unpaired) electrons. The molecule has 1 N–H and O–H groups in total. The summed E-state index contributed by atoms with van der Waals surface area (Å²) < 4.78 is 34.5. The number of hydrogen-bond donors (Lipinski definition) is 1. The van der Waals surface area contributed by atoms with E-state index in [-0.39, 0.29) is 16.4 Å². The Hall–Kier alpha value is -0.920. The smallest absolute Gasteiger partial charge is 0.244 e. The summed E-state index contributed by atoms with van der Waals surface area (Å²) in [5, 5.41) is 4.29. The summed E-state index contributed by atoms with van der Waals surface area (Å²) in [6.45, 7) is 6.89. The molecule has 1 aromatic rings. The molecule has 20 heavy (non-hydrogen) atoms. The van der Waals surface area contributed by atoms with E-state index in [0.29, 0.717) is 18.8 Å². The number of aromatic nitrogens is 2. The summed E-state index contributed by atoms with van der Waals surface area (Å²) in [6.07, 6.45) is 3.44. The topological polar surface area (TPSA) is 73.2 Å². The SMILES string of the molecule is Cn1cc(S(=O)(=O)NCC2CCCO2)c(C(C)(C)C)n1. The lowest BCUT2D eigenvalue weighted by Crippen LogP contribution is -2.33. The summed E-state index contributed by atoms with van der Waals surface area (Å²) in [7, 11) is -1.82. The Morgan fingerprint density at radius 1 is 1.50 bits per heavy atom. The minimum atomic E-state index is -3.55. The van der Waals surface area contributed by atoms with Crippen LogP contribution in [0.25, 0.3) is 0 Å². The minimum absolute atomic E-state index is 0.0143. The van der Waals surface area contributed by atoms with Gasteiger partial charge < -0.3 is 4.74 Å². The number of nitrogens with zero attached hydrogens (tertiary/aromatic N) is 2. The van der Waals surface area contributed by atoms with E-state index in [0.717, 1.165) is 12.8 Å². The maximum Gasteiger partial charge on any atom is 0.244 e. The third-order valence-corrected chi connectivity index (χ3v) is 4.74. The third kappa shape index (κ3) is 3.39. The highest BCUT2D eigenvalue weighted by Crippen LogP contribution is 2.27. The first-order chi connectivity index (χ1) is 9.20. The molecule has 2 rings (SSSR count). The molecule has 0 spiro atoms. The van der Waals surface area contributed by atoms with Gasteiger partial charge in [-0.2, -0.15) is 5.10 Å². The number of sulfonamides is 1. The van der Waals surface area contributed by atoms with Gasteiger partial charge in [-0.3, -0.25) is 4.68 Å². The molecule has 1 aliphatic rings. The van der Waals surface area contributed by atoms with Crippen LogP contribution in [-0.2, 0) is 27.2 Å². The van der Waals surface area contributed by atoms with Gasteiger partial charge in [-0.1, -0.05) is 20.8 Å². The highest BCUT2D eigenvalue weighted by atomic mass is 32.2. The molecule has 1 aliphatic heterocycles. The van der Waals surface area contributed by atoms with Crippen molar-refractivity contribution < 1.29 is 13.2 Å². The standard InChI is InChI=1S/C13H23N3O3S/c1-13(2,3)12-11(9-16(4)15-12)20(17,18)14-8-10-6-5-7-19-10/h9-10,14H,5-8H2,1-4H3. The van der Waals surface area contributed by atoms with E-state index < -0.39 is 10.0 Å². The zero-order chi connectivity index (χ0) is 15.0. The van der Waals surface area contributed by atoms with Gasteiger partial charge in [0, 0.05) is 31.8 Å². The van der Waals surface area contributed by atoms with E-state index in [2.05, 4.69) is 9.82 Å². The average Bonchev–Trinajstić information content (AvgIpc) is 2.94. The van der Waals surface area contributed by atoms with Crippen LogP contribution in [0.1, 0.15) is 39.3 Å². The highest BCUT2D eigenvalue weighted by Gasteiger charge is 2.30. The molecule has 7 heteroatoms. The van der Waals surface area contributed by atoms with Crippen molar-refractivity contribution in [2.75, 3.05) is 13.2 Å². The molecule has 1 atom stereocenters. The van der Waals surface area contributed by atoms with E-state index >= 15 is 0 Å². The third-order valence-electron chi connectivity index (χ3n) is 3.32. The fourth-order valence-corrected chi connectivity index (χ4v) is 3.72. The number of nitrogens with one attached hydrogen (secondary N) is 1. The van der Waals surface area contributed by atoms with Crippen molar-refractivity contribution in [3.05, 3.63) is 11.9 Å². The maximum atomic E-state index is 12.4. The molecule has 114 valence electrons. The van der Waals surface area contributed by atoms with E-state index in [1.807, 2.05) is 20.8 Å². The van der Waals surface area contributed by atoms with E-state index in [1.165, 1.54) is 0 Å². The van der Waals surface area contributed by atoms with Gasteiger partial charge >= 0.3 is 0 Å². The van der Waals surface area contributed by atoms with E-state index in [9.17, 15) is 8.42 Å². The summed E-state index contributed by atoms with van der Waals surface area (Å²) in [5.74, 6) is 0. The van der Waals surface area contributed by atoms with Crippen LogP contribution in [0.5, 0.6) is 0 Å². The molecule has 2 heterocycles. The van der Waals surface area contributed by atoms with Crippen molar-refractivity contribution in [2.45, 2.75) is 50.0 Å². The van der Waals surface area contributed by atoms with Gasteiger partial charge in [-0.25, -0.2) is 13.1 Å².